The van der Waals surface area contributed by atoms with E-state index in [0.29, 0.717) is 29.9 Å². The topological polar surface area (TPSA) is 128 Å². The first-order valence-corrected chi connectivity index (χ1v) is 9.13. The summed E-state index contributed by atoms with van der Waals surface area (Å²) >= 11 is 0. The second-order valence-electron chi connectivity index (χ2n) is 6.68. The molecule has 1 aliphatic rings. The van der Waals surface area contributed by atoms with E-state index in [1.807, 2.05) is 0 Å². The summed E-state index contributed by atoms with van der Waals surface area (Å²) in [6.45, 7) is 5.18. The van der Waals surface area contributed by atoms with Crippen molar-refractivity contribution in [1.29, 1.82) is 0 Å². The third-order valence-electron chi connectivity index (χ3n) is 4.72. The lowest BCUT2D eigenvalue weighted by Gasteiger charge is -2.33. The monoisotopic (exact) mass is 369 g/mol. The van der Waals surface area contributed by atoms with Crippen LogP contribution in [0.2, 0.25) is 0 Å². The Morgan fingerprint density at radius 2 is 2.07 bits per heavy atom. The molecule has 1 saturated heterocycles. The summed E-state index contributed by atoms with van der Waals surface area (Å²) in [7, 11) is 0. The lowest BCUT2D eigenvalue weighted by molar-refractivity contribution is 0.420. The summed E-state index contributed by atoms with van der Waals surface area (Å²) in [6.07, 6.45) is 5.30. The van der Waals surface area contributed by atoms with Gasteiger partial charge in [0.15, 0.2) is 11.5 Å². The van der Waals surface area contributed by atoms with E-state index < -0.39 is 0 Å². The maximum absolute atomic E-state index is 11.4. The number of nitrogens with zero attached hydrogens (tertiary/aromatic N) is 5. The molecule has 142 valence electrons. The van der Waals surface area contributed by atoms with E-state index in [-0.39, 0.29) is 5.56 Å². The number of aromatic nitrogens is 6. The molecule has 0 atom stereocenters. The first-order valence-electron chi connectivity index (χ1n) is 9.13. The van der Waals surface area contributed by atoms with Crippen molar-refractivity contribution in [3.8, 4) is 0 Å². The predicted molar refractivity (Wildman–Crippen MR) is 103 cm³/mol. The van der Waals surface area contributed by atoms with Crippen LogP contribution in [0, 0.1) is 6.92 Å². The number of nitrogens with one attached hydrogen (secondary N) is 4. The minimum atomic E-state index is -0.138. The molecular formula is C17H23N9O. The van der Waals surface area contributed by atoms with E-state index in [2.05, 4.69) is 45.4 Å². The first kappa shape index (κ1) is 17.4. The molecular weight excluding hydrogens is 346 g/mol. The van der Waals surface area contributed by atoms with Gasteiger partial charge in [-0.15, -0.1) is 0 Å². The summed E-state index contributed by atoms with van der Waals surface area (Å²) in [5.41, 5.74) is 2.17. The van der Waals surface area contributed by atoms with Gasteiger partial charge in [-0.1, -0.05) is 0 Å². The number of piperidine rings is 1. The van der Waals surface area contributed by atoms with Gasteiger partial charge in [0.25, 0.3) is 5.56 Å². The van der Waals surface area contributed by atoms with E-state index in [4.69, 9.17) is 0 Å². The van der Waals surface area contributed by atoms with Gasteiger partial charge in [0.2, 0.25) is 5.95 Å². The molecule has 10 heteroatoms. The Labute approximate surface area is 155 Å². The summed E-state index contributed by atoms with van der Waals surface area (Å²) in [5.74, 6) is 1.44. The Bertz CT molecular complexity index is 958. The fraction of sp³-hybridized carbons (Fsp3) is 0.471. The number of hydrogen-bond acceptors (Lipinski definition) is 8. The summed E-state index contributed by atoms with van der Waals surface area (Å²) in [6, 6.07) is 1.94. The molecule has 1 fully saturated rings. The van der Waals surface area contributed by atoms with Gasteiger partial charge < -0.3 is 20.5 Å². The van der Waals surface area contributed by atoms with Crippen molar-refractivity contribution in [2.45, 2.75) is 25.8 Å². The molecule has 4 N–H and O–H groups in total. The van der Waals surface area contributed by atoms with Gasteiger partial charge in [-0.2, -0.15) is 0 Å². The van der Waals surface area contributed by atoms with Crippen LogP contribution in [0.25, 0.3) is 11.2 Å². The smallest absolute Gasteiger partial charge is 0.252 e. The molecule has 0 aromatic carbocycles. The number of hydrogen-bond donors (Lipinski definition) is 4. The van der Waals surface area contributed by atoms with Gasteiger partial charge in [-0.3, -0.25) is 9.78 Å². The molecule has 27 heavy (non-hydrogen) atoms. The molecule has 4 rings (SSSR count). The molecule has 0 spiro atoms. The standard InChI is InChI=1S/C17H23N9O/c1-11-8-13(27)25-17(24-11)19-5-4-18-12-2-6-26(7-3-12)16-14-15(21-9-20-14)22-10-23-16/h8-10,12,18H,2-7H2,1H3,(H2,19,24,25,27)(H,20,21,22,23). The summed E-state index contributed by atoms with van der Waals surface area (Å²) < 4.78 is 0. The Hall–Kier alpha value is -3.01. The average Bonchev–Trinajstić information content (AvgIpc) is 3.14. The van der Waals surface area contributed by atoms with Crippen LogP contribution < -0.4 is 21.1 Å². The minimum Gasteiger partial charge on any atom is -0.355 e. The Morgan fingerprint density at radius 1 is 1.22 bits per heavy atom. The quantitative estimate of drug-likeness (QED) is 0.460. The fourth-order valence-electron chi connectivity index (χ4n) is 3.41. The van der Waals surface area contributed by atoms with Crippen LogP contribution in [-0.4, -0.2) is 62.1 Å². The van der Waals surface area contributed by atoms with Gasteiger partial charge in [0.1, 0.15) is 11.8 Å². The average molecular weight is 369 g/mol. The zero-order valence-electron chi connectivity index (χ0n) is 15.2. The van der Waals surface area contributed by atoms with Gasteiger partial charge in [0.05, 0.1) is 6.33 Å². The molecule has 3 aromatic rings. The van der Waals surface area contributed by atoms with Crippen LogP contribution in [0.15, 0.2) is 23.5 Å². The maximum Gasteiger partial charge on any atom is 0.252 e. The fourth-order valence-corrected chi connectivity index (χ4v) is 3.41. The first-order chi connectivity index (χ1) is 13.2. The molecule has 0 bridgehead atoms. The maximum atomic E-state index is 11.4. The van der Waals surface area contributed by atoms with E-state index in [1.54, 1.807) is 19.6 Å². The number of rotatable bonds is 6. The number of imidazole rings is 1. The second-order valence-corrected chi connectivity index (χ2v) is 6.68. The van der Waals surface area contributed by atoms with Gasteiger partial charge in [-0.25, -0.2) is 19.9 Å². The number of aryl methyl sites for hydroxylation is 1. The van der Waals surface area contributed by atoms with Crippen molar-refractivity contribution in [3.05, 3.63) is 34.8 Å². The van der Waals surface area contributed by atoms with Gasteiger partial charge >= 0.3 is 0 Å². The predicted octanol–water partition coefficient (Wildman–Crippen LogP) is 0.415. The third-order valence-corrected chi connectivity index (χ3v) is 4.72. The molecule has 0 saturated carbocycles. The molecule has 0 aliphatic carbocycles. The van der Waals surface area contributed by atoms with Crippen molar-refractivity contribution >= 4 is 22.9 Å². The lowest BCUT2D eigenvalue weighted by Crippen LogP contribution is -2.44. The van der Waals surface area contributed by atoms with Crippen LogP contribution in [0.3, 0.4) is 0 Å². The normalized spacial score (nSPS) is 15.4. The highest BCUT2D eigenvalue weighted by Crippen LogP contribution is 2.23. The number of H-pyrrole nitrogens is 2. The van der Waals surface area contributed by atoms with Crippen LogP contribution in [-0.2, 0) is 0 Å². The summed E-state index contributed by atoms with van der Waals surface area (Å²) in [5, 5.41) is 6.71. The lowest BCUT2D eigenvalue weighted by atomic mass is 10.1. The molecule has 0 radical (unpaired) electrons. The van der Waals surface area contributed by atoms with Crippen molar-refractivity contribution in [3.63, 3.8) is 0 Å². The molecule has 4 heterocycles. The largest absolute Gasteiger partial charge is 0.355 e. The van der Waals surface area contributed by atoms with Crippen LogP contribution in [0.4, 0.5) is 11.8 Å². The highest BCUT2D eigenvalue weighted by atomic mass is 16.1. The molecule has 0 amide bonds. The van der Waals surface area contributed by atoms with Crippen LogP contribution in [0.5, 0.6) is 0 Å². The van der Waals surface area contributed by atoms with Crippen molar-refractivity contribution in [1.82, 2.24) is 35.2 Å². The van der Waals surface area contributed by atoms with Gasteiger partial charge in [0, 0.05) is 44.0 Å². The molecule has 0 unspecified atom stereocenters. The van der Waals surface area contributed by atoms with E-state index in [1.165, 1.54) is 6.07 Å². The molecule has 10 nitrogen and oxygen atoms in total. The van der Waals surface area contributed by atoms with Crippen molar-refractivity contribution in [2.75, 3.05) is 36.4 Å². The van der Waals surface area contributed by atoms with Crippen molar-refractivity contribution < 1.29 is 0 Å². The van der Waals surface area contributed by atoms with Crippen LogP contribution >= 0.6 is 0 Å². The Balaban J connectivity index is 1.24. The molecule has 1 aliphatic heterocycles. The SMILES string of the molecule is Cc1cc(=O)[nH]c(NCCNC2CCN(c3ncnc4nc[nH]c34)CC2)n1. The van der Waals surface area contributed by atoms with E-state index >= 15 is 0 Å². The Kier molecular flexibility index (Phi) is 4.97. The third kappa shape index (κ3) is 4.05. The minimum absolute atomic E-state index is 0.138. The van der Waals surface area contributed by atoms with E-state index in [0.717, 1.165) is 43.8 Å². The zero-order chi connectivity index (χ0) is 18.6. The number of aromatic amines is 2. The number of anilines is 2. The highest BCUT2D eigenvalue weighted by Gasteiger charge is 2.21. The Morgan fingerprint density at radius 3 is 2.89 bits per heavy atom. The summed E-state index contributed by atoms with van der Waals surface area (Å²) in [4.78, 5) is 36.6. The van der Waals surface area contributed by atoms with Crippen LogP contribution in [0.1, 0.15) is 18.5 Å². The van der Waals surface area contributed by atoms with E-state index in [9.17, 15) is 4.79 Å². The highest BCUT2D eigenvalue weighted by molar-refractivity contribution is 5.82. The zero-order valence-corrected chi connectivity index (χ0v) is 15.2. The van der Waals surface area contributed by atoms with Gasteiger partial charge in [-0.05, 0) is 19.8 Å². The van der Waals surface area contributed by atoms with Crippen molar-refractivity contribution in [2.24, 2.45) is 0 Å². The number of fused-ring (bicyclic) bond motifs is 1. The molecule has 3 aromatic heterocycles. The second kappa shape index (κ2) is 7.70.